The normalized spacial score (nSPS) is 14.0. The Morgan fingerprint density at radius 2 is 2.19 bits per heavy atom. The van der Waals surface area contributed by atoms with E-state index < -0.39 is 0 Å². The van der Waals surface area contributed by atoms with Crippen LogP contribution in [0.15, 0.2) is 22.8 Å². The molecule has 0 atom stereocenters. The largest absolute Gasteiger partial charge is 0.489 e. The van der Waals surface area contributed by atoms with Crippen molar-refractivity contribution in [3.63, 3.8) is 0 Å². The molecule has 21 heavy (non-hydrogen) atoms. The summed E-state index contributed by atoms with van der Waals surface area (Å²) in [5.41, 5.74) is 1.05. The van der Waals surface area contributed by atoms with Gasteiger partial charge in [-0.15, -0.1) is 11.3 Å². The average Bonchev–Trinajstić information content (AvgIpc) is 2.82. The smallest absolute Gasteiger partial charge is 0.175 e. The molecule has 3 rings (SSSR count). The number of hydrogen-bond acceptors (Lipinski definition) is 5. The first kappa shape index (κ1) is 14.8. The average molecular weight is 369 g/mol. The van der Waals surface area contributed by atoms with E-state index in [0.29, 0.717) is 13.2 Å². The minimum atomic E-state index is 0.687. The molecule has 0 amide bonds. The van der Waals surface area contributed by atoms with Crippen LogP contribution >= 0.6 is 27.3 Å². The molecule has 1 aromatic carbocycles. The number of fused-ring (bicyclic) bond motifs is 1. The van der Waals surface area contributed by atoms with Gasteiger partial charge >= 0.3 is 0 Å². The standard InChI is InChI=1S/C15H17BrN2O2S/c1-2-17-8-11-9-18-15(21-11)10-6-12(16)14-13(7-10)19-4-3-5-20-14/h6-7,9,17H,2-5,8H2,1H3. The van der Waals surface area contributed by atoms with Gasteiger partial charge in [0.25, 0.3) is 0 Å². The van der Waals surface area contributed by atoms with Crippen molar-refractivity contribution < 1.29 is 9.47 Å². The third-order valence-corrected chi connectivity index (χ3v) is 4.79. The van der Waals surface area contributed by atoms with Gasteiger partial charge in [-0.1, -0.05) is 6.92 Å². The van der Waals surface area contributed by atoms with Crippen molar-refractivity contribution in [1.82, 2.24) is 10.3 Å². The Kier molecular flexibility index (Phi) is 4.77. The van der Waals surface area contributed by atoms with E-state index in [4.69, 9.17) is 9.47 Å². The van der Waals surface area contributed by atoms with Crippen molar-refractivity contribution in [1.29, 1.82) is 0 Å². The number of rotatable bonds is 4. The molecule has 1 N–H and O–H groups in total. The lowest BCUT2D eigenvalue weighted by atomic mass is 10.2. The first-order valence-electron chi connectivity index (χ1n) is 7.03. The molecule has 4 nitrogen and oxygen atoms in total. The van der Waals surface area contributed by atoms with Gasteiger partial charge in [-0.3, -0.25) is 0 Å². The second-order valence-corrected chi connectivity index (χ2v) is 6.72. The van der Waals surface area contributed by atoms with Crippen molar-refractivity contribution in [2.75, 3.05) is 19.8 Å². The Bertz CT molecular complexity index is 630. The molecular formula is C15H17BrN2O2S. The van der Waals surface area contributed by atoms with Crippen molar-refractivity contribution in [2.45, 2.75) is 19.9 Å². The summed E-state index contributed by atoms with van der Waals surface area (Å²) < 4.78 is 12.4. The molecule has 2 heterocycles. The highest BCUT2D eigenvalue weighted by Gasteiger charge is 2.17. The van der Waals surface area contributed by atoms with Gasteiger partial charge in [0, 0.05) is 29.6 Å². The van der Waals surface area contributed by atoms with Crippen LogP contribution in [0.2, 0.25) is 0 Å². The lowest BCUT2D eigenvalue weighted by Gasteiger charge is -2.10. The van der Waals surface area contributed by atoms with Gasteiger partial charge in [-0.05, 0) is 34.6 Å². The molecule has 0 aliphatic carbocycles. The second-order valence-electron chi connectivity index (χ2n) is 4.75. The first-order chi connectivity index (χ1) is 10.3. The zero-order chi connectivity index (χ0) is 14.7. The molecule has 0 radical (unpaired) electrons. The lowest BCUT2D eigenvalue weighted by molar-refractivity contribution is 0.296. The van der Waals surface area contributed by atoms with Crippen LogP contribution in [0.25, 0.3) is 10.6 Å². The number of benzene rings is 1. The molecule has 0 saturated heterocycles. The third kappa shape index (κ3) is 3.39. The van der Waals surface area contributed by atoms with Gasteiger partial charge in [0.15, 0.2) is 11.5 Å². The molecule has 0 unspecified atom stereocenters. The maximum absolute atomic E-state index is 5.77. The number of ether oxygens (including phenoxy) is 2. The lowest BCUT2D eigenvalue weighted by Crippen LogP contribution is -2.10. The van der Waals surface area contributed by atoms with Gasteiger partial charge in [0.2, 0.25) is 0 Å². The first-order valence-corrected chi connectivity index (χ1v) is 8.64. The van der Waals surface area contributed by atoms with Crippen molar-refractivity contribution in [3.05, 3.63) is 27.7 Å². The molecule has 0 bridgehead atoms. The molecule has 1 aliphatic rings. The molecular weight excluding hydrogens is 352 g/mol. The number of nitrogens with one attached hydrogen (secondary N) is 1. The van der Waals surface area contributed by atoms with E-state index in [1.165, 1.54) is 4.88 Å². The summed E-state index contributed by atoms with van der Waals surface area (Å²) in [6, 6.07) is 4.06. The van der Waals surface area contributed by atoms with Crippen molar-refractivity contribution in [2.24, 2.45) is 0 Å². The predicted octanol–water partition coefficient (Wildman–Crippen LogP) is 3.84. The summed E-state index contributed by atoms with van der Waals surface area (Å²) in [5.74, 6) is 1.58. The van der Waals surface area contributed by atoms with E-state index >= 15 is 0 Å². The van der Waals surface area contributed by atoms with Crippen LogP contribution in [0.4, 0.5) is 0 Å². The van der Waals surface area contributed by atoms with Crippen LogP contribution < -0.4 is 14.8 Å². The highest BCUT2D eigenvalue weighted by atomic mass is 79.9. The van der Waals surface area contributed by atoms with Crippen LogP contribution in [0, 0.1) is 0 Å². The monoisotopic (exact) mass is 368 g/mol. The molecule has 0 fully saturated rings. The quantitative estimate of drug-likeness (QED) is 0.889. The Labute approximate surface area is 136 Å². The zero-order valence-electron chi connectivity index (χ0n) is 11.8. The molecule has 112 valence electrons. The number of halogens is 1. The maximum Gasteiger partial charge on any atom is 0.175 e. The Morgan fingerprint density at radius 1 is 1.33 bits per heavy atom. The fourth-order valence-electron chi connectivity index (χ4n) is 2.13. The fraction of sp³-hybridized carbons (Fsp3) is 0.400. The zero-order valence-corrected chi connectivity index (χ0v) is 14.2. The molecule has 1 aliphatic heterocycles. The minimum Gasteiger partial charge on any atom is -0.489 e. The van der Waals surface area contributed by atoms with E-state index in [2.05, 4.69) is 33.2 Å². The van der Waals surface area contributed by atoms with Gasteiger partial charge in [-0.25, -0.2) is 4.98 Å². The third-order valence-electron chi connectivity index (χ3n) is 3.15. The minimum absolute atomic E-state index is 0.687. The van der Waals surface area contributed by atoms with Gasteiger partial charge in [0.05, 0.1) is 17.7 Å². The molecule has 0 spiro atoms. The van der Waals surface area contributed by atoms with Crippen LogP contribution in [0.3, 0.4) is 0 Å². The van der Waals surface area contributed by atoms with Gasteiger partial charge < -0.3 is 14.8 Å². The van der Waals surface area contributed by atoms with Crippen LogP contribution in [-0.4, -0.2) is 24.7 Å². The van der Waals surface area contributed by atoms with E-state index in [1.807, 2.05) is 18.3 Å². The van der Waals surface area contributed by atoms with Crippen LogP contribution in [-0.2, 0) is 6.54 Å². The molecule has 1 aromatic heterocycles. The molecule has 2 aromatic rings. The SMILES string of the molecule is CCNCc1cnc(-c2cc(Br)c3c(c2)OCCCO3)s1. The predicted molar refractivity (Wildman–Crippen MR) is 88.2 cm³/mol. The van der Waals surface area contributed by atoms with Crippen molar-refractivity contribution in [3.8, 4) is 22.1 Å². The summed E-state index contributed by atoms with van der Waals surface area (Å²) >= 11 is 5.27. The maximum atomic E-state index is 5.77. The number of thiazole rings is 1. The van der Waals surface area contributed by atoms with Crippen LogP contribution in [0.5, 0.6) is 11.5 Å². The summed E-state index contributed by atoms with van der Waals surface area (Å²) in [6.45, 7) is 5.30. The molecule has 0 saturated carbocycles. The van der Waals surface area contributed by atoms with Crippen LogP contribution in [0.1, 0.15) is 18.2 Å². The summed E-state index contributed by atoms with van der Waals surface area (Å²) in [5, 5.41) is 4.31. The van der Waals surface area contributed by atoms with Crippen molar-refractivity contribution >= 4 is 27.3 Å². The summed E-state index contributed by atoms with van der Waals surface area (Å²) in [7, 11) is 0. The highest BCUT2D eigenvalue weighted by Crippen LogP contribution is 2.41. The Morgan fingerprint density at radius 3 is 3.05 bits per heavy atom. The van der Waals surface area contributed by atoms with Gasteiger partial charge in [0.1, 0.15) is 5.01 Å². The van der Waals surface area contributed by atoms with E-state index in [9.17, 15) is 0 Å². The Balaban J connectivity index is 1.90. The number of nitrogens with zero attached hydrogens (tertiary/aromatic N) is 1. The number of aromatic nitrogens is 1. The number of hydrogen-bond donors (Lipinski definition) is 1. The van der Waals surface area contributed by atoms with Gasteiger partial charge in [-0.2, -0.15) is 0 Å². The van der Waals surface area contributed by atoms with E-state index in [-0.39, 0.29) is 0 Å². The summed E-state index contributed by atoms with van der Waals surface area (Å²) in [6.07, 6.45) is 2.83. The van der Waals surface area contributed by atoms with E-state index in [1.54, 1.807) is 11.3 Å². The second kappa shape index (κ2) is 6.77. The van der Waals surface area contributed by atoms with E-state index in [0.717, 1.165) is 46.1 Å². The fourth-order valence-corrected chi connectivity index (χ4v) is 3.55. The topological polar surface area (TPSA) is 43.4 Å². The Hall–Kier alpha value is -1.11. The molecule has 6 heteroatoms. The highest BCUT2D eigenvalue weighted by molar-refractivity contribution is 9.10. The summed E-state index contributed by atoms with van der Waals surface area (Å²) in [4.78, 5) is 5.75.